The highest BCUT2D eigenvalue weighted by Crippen LogP contribution is 2.30. The Morgan fingerprint density at radius 3 is 2.90 bits per heavy atom. The Morgan fingerprint density at radius 2 is 2.23 bits per heavy atom. The van der Waals surface area contributed by atoms with Crippen molar-refractivity contribution in [1.29, 1.82) is 0 Å². The van der Waals surface area contributed by atoms with E-state index in [0.717, 1.165) is 0 Å². The fourth-order valence-electron chi connectivity index (χ4n) is 3.35. The summed E-state index contributed by atoms with van der Waals surface area (Å²) in [5.74, 6) is -0.0822. The van der Waals surface area contributed by atoms with Crippen LogP contribution in [0.2, 0.25) is 0 Å². The summed E-state index contributed by atoms with van der Waals surface area (Å²) in [6.45, 7) is 4.68. The van der Waals surface area contributed by atoms with Gasteiger partial charge in [0.05, 0.1) is 18.2 Å². The Kier molecular flexibility index (Phi) is 6.95. The number of carbonyl (C=O) groups excluding carboxylic acids is 2. The quantitative estimate of drug-likeness (QED) is 0.561. The van der Waals surface area contributed by atoms with Gasteiger partial charge >= 0.3 is 0 Å². The Labute approximate surface area is 174 Å². The summed E-state index contributed by atoms with van der Waals surface area (Å²) in [6, 6.07) is 4.62. The summed E-state index contributed by atoms with van der Waals surface area (Å²) < 4.78 is 7.45. The molecular formula is C19H27N7O4. The molecule has 3 rings (SSSR count). The molecule has 1 aliphatic heterocycles. The molecule has 0 bridgehead atoms. The number of ether oxygens (including phenoxy) is 1. The maximum Gasteiger partial charge on any atom is 0.258 e. The molecule has 2 aromatic rings. The van der Waals surface area contributed by atoms with Crippen molar-refractivity contribution >= 4 is 17.5 Å². The second-order valence-corrected chi connectivity index (χ2v) is 7.45. The topological polar surface area (TPSA) is 134 Å². The lowest BCUT2D eigenvalue weighted by Gasteiger charge is -2.37. The summed E-state index contributed by atoms with van der Waals surface area (Å²) in [5.41, 5.74) is 0.794. The fraction of sp³-hybridized carbons (Fsp3) is 0.526. The zero-order valence-electron chi connectivity index (χ0n) is 17.3. The van der Waals surface area contributed by atoms with Crippen LogP contribution in [0, 0.1) is 5.92 Å². The lowest BCUT2D eigenvalue weighted by Crippen LogP contribution is -2.49. The molecule has 2 amide bonds. The number of benzene rings is 1. The molecule has 30 heavy (non-hydrogen) atoms. The minimum absolute atomic E-state index is 0.0516. The molecule has 1 aromatic heterocycles. The van der Waals surface area contributed by atoms with Gasteiger partial charge in [0, 0.05) is 24.7 Å². The number of amides is 2. The average molecular weight is 417 g/mol. The van der Waals surface area contributed by atoms with Crippen molar-refractivity contribution in [2.45, 2.75) is 32.5 Å². The highest BCUT2D eigenvalue weighted by molar-refractivity contribution is 5.99. The molecule has 3 atom stereocenters. The summed E-state index contributed by atoms with van der Waals surface area (Å²) in [6.07, 6.45) is 1.19. The number of hydrogen-bond donors (Lipinski definition) is 3. The SMILES string of the molecule is CNC[C@@H]1Oc2ccc(NC(=O)Cn3cnnn3)cc2C(=O)N([C@@H](C)CO)C[C@@H]1C. The number of aromatic nitrogens is 4. The van der Waals surface area contributed by atoms with Crippen molar-refractivity contribution in [3.63, 3.8) is 0 Å². The van der Waals surface area contributed by atoms with E-state index < -0.39 is 0 Å². The lowest BCUT2D eigenvalue weighted by molar-refractivity contribution is -0.116. The molecule has 0 aliphatic carbocycles. The predicted octanol–water partition coefficient (Wildman–Crippen LogP) is -0.249. The lowest BCUT2D eigenvalue weighted by atomic mass is 9.99. The summed E-state index contributed by atoms with van der Waals surface area (Å²) >= 11 is 0. The number of aliphatic hydroxyl groups is 1. The predicted molar refractivity (Wildman–Crippen MR) is 108 cm³/mol. The van der Waals surface area contributed by atoms with Crippen molar-refractivity contribution in [3.8, 4) is 5.75 Å². The van der Waals surface area contributed by atoms with Gasteiger partial charge in [0.2, 0.25) is 5.91 Å². The highest BCUT2D eigenvalue weighted by Gasteiger charge is 2.32. The minimum Gasteiger partial charge on any atom is -0.488 e. The number of fused-ring (bicyclic) bond motifs is 1. The Balaban J connectivity index is 1.89. The standard InChI is InChI=1S/C19H27N7O4/c1-12-8-26(13(2)10-27)19(29)15-6-14(4-5-16(15)30-17(12)7-20-3)22-18(28)9-25-11-21-23-24-25/h4-6,11-13,17,20,27H,7-10H2,1-3H3,(H,22,28)/t12-,13-,17-/m0/s1. The molecule has 0 spiro atoms. The van der Waals surface area contributed by atoms with Gasteiger partial charge in [0.1, 0.15) is 24.7 Å². The van der Waals surface area contributed by atoms with Gasteiger partial charge in [-0.15, -0.1) is 5.10 Å². The Morgan fingerprint density at radius 1 is 1.43 bits per heavy atom. The largest absolute Gasteiger partial charge is 0.488 e. The van der Waals surface area contributed by atoms with Crippen molar-refractivity contribution in [3.05, 3.63) is 30.1 Å². The van der Waals surface area contributed by atoms with Crippen molar-refractivity contribution in [2.24, 2.45) is 5.92 Å². The minimum atomic E-state index is -0.348. The zero-order chi connectivity index (χ0) is 21.7. The molecule has 2 heterocycles. The molecule has 162 valence electrons. The third-order valence-electron chi connectivity index (χ3n) is 5.05. The van der Waals surface area contributed by atoms with Gasteiger partial charge in [0.15, 0.2) is 0 Å². The van der Waals surface area contributed by atoms with Crippen LogP contribution in [0.25, 0.3) is 0 Å². The fourth-order valence-corrected chi connectivity index (χ4v) is 3.35. The third kappa shape index (κ3) is 4.92. The first kappa shape index (κ1) is 21.7. The van der Waals surface area contributed by atoms with Gasteiger partial charge in [-0.1, -0.05) is 6.92 Å². The maximum absolute atomic E-state index is 13.3. The molecule has 3 N–H and O–H groups in total. The van der Waals surface area contributed by atoms with Gasteiger partial charge < -0.3 is 25.4 Å². The Hall–Kier alpha value is -3.05. The van der Waals surface area contributed by atoms with Gasteiger partial charge in [-0.25, -0.2) is 4.68 Å². The van der Waals surface area contributed by atoms with Crippen LogP contribution < -0.4 is 15.4 Å². The van der Waals surface area contributed by atoms with Crippen LogP contribution in [-0.4, -0.2) is 80.9 Å². The van der Waals surface area contributed by atoms with Gasteiger partial charge in [-0.05, 0) is 42.6 Å². The van der Waals surface area contributed by atoms with E-state index >= 15 is 0 Å². The normalized spacial score (nSPS) is 20.0. The van der Waals surface area contributed by atoms with Crippen molar-refractivity contribution in [1.82, 2.24) is 30.4 Å². The molecule has 1 aliphatic rings. The molecule has 11 nitrogen and oxygen atoms in total. The molecule has 0 saturated carbocycles. The third-order valence-corrected chi connectivity index (χ3v) is 5.05. The number of aliphatic hydroxyl groups excluding tert-OH is 1. The van der Waals surface area contributed by atoms with Crippen LogP contribution in [0.5, 0.6) is 5.75 Å². The Bertz CT molecular complexity index is 874. The van der Waals surface area contributed by atoms with E-state index in [1.165, 1.54) is 11.0 Å². The molecule has 0 radical (unpaired) electrons. The molecule has 1 aromatic carbocycles. The number of anilines is 1. The number of tetrazole rings is 1. The monoisotopic (exact) mass is 417 g/mol. The molecule has 0 unspecified atom stereocenters. The van der Waals surface area contributed by atoms with Crippen molar-refractivity contribution < 1.29 is 19.4 Å². The summed E-state index contributed by atoms with van der Waals surface area (Å²) in [7, 11) is 1.85. The van der Waals surface area contributed by atoms with Crippen LogP contribution in [0.1, 0.15) is 24.2 Å². The average Bonchev–Trinajstić information content (AvgIpc) is 3.23. The zero-order valence-corrected chi connectivity index (χ0v) is 17.3. The number of rotatable bonds is 7. The van der Waals surface area contributed by atoms with Gasteiger partial charge in [0.25, 0.3) is 5.91 Å². The van der Waals surface area contributed by atoms with Gasteiger partial charge in [-0.2, -0.15) is 0 Å². The highest BCUT2D eigenvalue weighted by atomic mass is 16.5. The summed E-state index contributed by atoms with van der Waals surface area (Å²) in [5, 5.41) is 26.2. The molecule has 0 fully saturated rings. The smallest absolute Gasteiger partial charge is 0.258 e. The second-order valence-electron chi connectivity index (χ2n) is 7.45. The van der Waals surface area contributed by atoms with E-state index in [0.29, 0.717) is 30.1 Å². The van der Waals surface area contributed by atoms with Crippen LogP contribution >= 0.6 is 0 Å². The van der Waals surface area contributed by atoms with Crippen molar-refractivity contribution in [2.75, 3.05) is 32.1 Å². The second kappa shape index (κ2) is 9.63. The summed E-state index contributed by atoms with van der Waals surface area (Å²) in [4.78, 5) is 27.2. The van der Waals surface area contributed by atoms with Crippen LogP contribution in [0.3, 0.4) is 0 Å². The van der Waals surface area contributed by atoms with E-state index in [1.54, 1.807) is 30.0 Å². The number of nitrogens with zero attached hydrogens (tertiary/aromatic N) is 5. The number of nitrogens with one attached hydrogen (secondary N) is 2. The van der Waals surface area contributed by atoms with E-state index in [9.17, 15) is 14.7 Å². The molecule has 11 heteroatoms. The molecular weight excluding hydrogens is 390 g/mol. The molecule has 0 saturated heterocycles. The van der Waals surface area contributed by atoms with E-state index in [-0.39, 0.29) is 43.0 Å². The van der Waals surface area contributed by atoms with E-state index in [2.05, 4.69) is 26.2 Å². The van der Waals surface area contributed by atoms with E-state index in [4.69, 9.17) is 4.74 Å². The van der Waals surface area contributed by atoms with E-state index in [1.807, 2.05) is 14.0 Å². The number of likely N-dealkylation sites (N-methyl/N-ethyl adjacent to an activating group) is 1. The first-order chi connectivity index (χ1) is 14.4. The first-order valence-electron chi connectivity index (χ1n) is 9.80. The van der Waals surface area contributed by atoms with Crippen LogP contribution in [-0.2, 0) is 11.3 Å². The number of carbonyl (C=O) groups is 2. The number of hydrogen-bond acceptors (Lipinski definition) is 8. The first-order valence-corrected chi connectivity index (χ1v) is 9.80. The van der Waals surface area contributed by atoms with Crippen LogP contribution in [0.15, 0.2) is 24.5 Å². The maximum atomic E-state index is 13.3. The van der Waals surface area contributed by atoms with Gasteiger partial charge in [-0.3, -0.25) is 9.59 Å². The van der Waals surface area contributed by atoms with Crippen LogP contribution in [0.4, 0.5) is 5.69 Å².